The van der Waals surface area contributed by atoms with Crippen molar-refractivity contribution in [1.29, 1.82) is 0 Å². The number of carbonyl (C=O) groups is 2. The predicted octanol–water partition coefficient (Wildman–Crippen LogP) is 2.12. The van der Waals surface area contributed by atoms with Crippen LogP contribution in [0, 0.1) is 6.92 Å². The predicted molar refractivity (Wildman–Crippen MR) is 82.6 cm³/mol. The van der Waals surface area contributed by atoms with Crippen molar-refractivity contribution in [1.82, 2.24) is 15.5 Å². The highest BCUT2D eigenvalue weighted by atomic mass is 16.3. The zero-order valence-electron chi connectivity index (χ0n) is 13.1. The Balaban J connectivity index is 1.57. The first kappa shape index (κ1) is 14.2. The van der Waals surface area contributed by atoms with Gasteiger partial charge in [0, 0.05) is 31.0 Å². The molecule has 0 aromatic carbocycles. The second-order valence-corrected chi connectivity index (χ2v) is 6.40. The number of ketones is 1. The largest absolute Gasteiger partial charge is 0.465 e. The fourth-order valence-electron chi connectivity index (χ4n) is 3.67. The maximum absolute atomic E-state index is 12.7. The minimum atomic E-state index is -0.198. The zero-order valence-corrected chi connectivity index (χ0v) is 13.1. The van der Waals surface area contributed by atoms with E-state index in [9.17, 15) is 9.59 Å². The molecule has 2 aromatic heterocycles. The average Bonchev–Trinajstić information content (AvgIpc) is 3.10. The van der Waals surface area contributed by atoms with Crippen LogP contribution in [0.25, 0.3) is 0 Å². The smallest absolute Gasteiger partial charge is 0.255 e. The number of Topliss-reactive ketones (excluding diaryl/α,β-unsaturated/α-hetero) is 1. The number of H-pyrrole nitrogens is 1. The lowest BCUT2D eigenvalue weighted by Gasteiger charge is -2.23. The molecule has 2 heterocycles. The third kappa shape index (κ3) is 2.38. The first-order valence-corrected chi connectivity index (χ1v) is 8.11. The molecule has 0 saturated heterocycles. The van der Waals surface area contributed by atoms with E-state index in [0.717, 1.165) is 37.8 Å². The summed E-state index contributed by atoms with van der Waals surface area (Å²) in [5, 5.41) is 10.1. The summed E-state index contributed by atoms with van der Waals surface area (Å²) < 4.78 is 5.66. The third-order valence-electron chi connectivity index (χ3n) is 4.83. The lowest BCUT2D eigenvalue weighted by molar-refractivity contribution is 0.0913. The van der Waals surface area contributed by atoms with Crippen molar-refractivity contribution >= 4 is 11.7 Å². The van der Waals surface area contributed by atoms with Crippen LogP contribution < -0.4 is 5.32 Å². The van der Waals surface area contributed by atoms with Gasteiger partial charge in [-0.15, -0.1) is 0 Å². The van der Waals surface area contributed by atoms with Crippen LogP contribution in [0.4, 0.5) is 0 Å². The number of hydrogen-bond acceptors (Lipinski definition) is 4. The fourth-order valence-corrected chi connectivity index (χ4v) is 3.67. The van der Waals surface area contributed by atoms with E-state index >= 15 is 0 Å². The Kier molecular flexibility index (Phi) is 3.32. The van der Waals surface area contributed by atoms with E-state index in [-0.39, 0.29) is 17.7 Å². The van der Waals surface area contributed by atoms with Crippen molar-refractivity contribution in [2.24, 2.45) is 0 Å². The van der Waals surface area contributed by atoms with E-state index in [1.165, 1.54) is 5.56 Å². The molecule has 6 nitrogen and oxygen atoms in total. The topological polar surface area (TPSA) is 88.0 Å². The van der Waals surface area contributed by atoms with E-state index in [2.05, 4.69) is 15.5 Å². The Morgan fingerprint density at radius 3 is 3.13 bits per heavy atom. The van der Waals surface area contributed by atoms with E-state index < -0.39 is 0 Å². The van der Waals surface area contributed by atoms with Crippen LogP contribution in [0.15, 0.2) is 10.6 Å². The van der Waals surface area contributed by atoms with Crippen LogP contribution in [0.5, 0.6) is 0 Å². The Labute approximate surface area is 133 Å². The molecule has 1 atom stereocenters. The molecule has 6 heteroatoms. The highest BCUT2D eigenvalue weighted by Gasteiger charge is 2.31. The highest BCUT2D eigenvalue weighted by Crippen LogP contribution is 2.30. The molecule has 2 aliphatic rings. The Hall–Kier alpha value is -2.37. The molecule has 0 saturated carbocycles. The van der Waals surface area contributed by atoms with Crippen LogP contribution >= 0.6 is 0 Å². The number of aromatic amines is 1. The first-order chi connectivity index (χ1) is 11.1. The highest BCUT2D eigenvalue weighted by molar-refractivity contribution is 6.10. The van der Waals surface area contributed by atoms with Crippen LogP contribution in [-0.4, -0.2) is 27.9 Å². The molecular formula is C17H19N3O3. The Morgan fingerprint density at radius 2 is 2.26 bits per heavy atom. The van der Waals surface area contributed by atoms with Crippen molar-refractivity contribution in [2.45, 2.75) is 51.5 Å². The number of hydrogen-bond donors (Lipinski definition) is 2. The van der Waals surface area contributed by atoms with Crippen LogP contribution in [0.1, 0.15) is 62.8 Å². The van der Waals surface area contributed by atoms with Gasteiger partial charge in [-0.1, -0.05) is 0 Å². The third-order valence-corrected chi connectivity index (χ3v) is 4.83. The molecule has 2 aliphatic carbocycles. The molecule has 4 rings (SSSR count). The normalized spacial score (nSPS) is 20.0. The van der Waals surface area contributed by atoms with Crippen molar-refractivity contribution in [3.8, 4) is 0 Å². The quantitative estimate of drug-likeness (QED) is 0.889. The van der Waals surface area contributed by atoms with Gasteiger partial charge in [0.05, 0.1) is 17.3 Å². The van der Waals surface area contributed by atoms with Crippen LogP contribution in [0.2, 0.25) is 0 Å². The summed E-state index contributed by atoms with van der Waals surface area (Å²) in [4.78, 5) is 24.9. The van der Waals surface area contributed by atoms with Crippen LogP contribution in [0.3, 0.4) is 0 Å². The van der Waals surface area contributed by atoms with E-state index in [0.29, 0.717) is 29.1 Å². The lowest BCUT2D eigenvalue weighted by atomic mass is 9.91. The van der Waals surface area contributed by atoms with Gasteiger partial charge in [0.15, 0.2) is 5.78 Å². The molecule has 0 radical (unpaired) electrons. The maximum atomic E-state index is 12.7. The van der Waals surface area contributed by atoms with Gasteiger partial charge < -0.3 is 9.73 Å². The number of carbonyl (C=O) groups excluding carboxylic acids is 2. The summed E-state index contributed by atoms with van der Waals surface area (Å²) >= 11 is 0. The second kappa shape index (κ2) is 5.37. The number of nitrogens with zero attached hydrogens (tertiary/aromatic N) is 1. The number of aryl methyl sites for hydroxylation is 3. The number of fused-ring (bicyclic) bond motifs is 2. The number of aromatic nitrogens is 2. The minimum Gasteiger partial charge on any atom is -0.465 e. The molecule has 0 spiro atoms. The van der Waals surface area contributed by atoms with Crippen molar-refractivity contribution in [2.75, 3.05) is 0 Å². The van der Waals surface area contributed by atoms with Gasteiger partial charge in [-0.25, -0.2) is 0 Å². The lowest BCUT2D eigenvalue weighted by Crippen LogP contribution is -2.39. The second-order valence-electron chi connectivity index (χ2n) is 6.40. The van der Waals surface area contributed by atoms with Gasteiger partial charge in [-0.2, -0.15) is 5.10 Å². The summed E-state index contributed by atoms with van der Waals surface area (Å²) in [6, 6.07) is 0.0547. The van der Waals surface area contributed by atoms with Gasteiger partial charge in [0.25, 0.3) is 5.91 Å². The van der Waals surface area contributed by atoms with Crippen molar-refractivity contribution in [3.05, 3.63) is 40.1 Å². The maximum Gasteiger partial charge on any atom is 0.255 e. The first-order valence-electron chi connectivity index (χ1n) is 8.11. The monoisotopic (exact) mass is 313 g/mol. The Morgan fingerprint density at radius 1 is 1.39 bits per heavy atom. The van der Waals surface area contributed by atoms with Gasteiger partial charge in [-0.3, -0.25) is 14.7 Å². The van der Waals surface area contributed by atoms with Gasteiger partial charge >= 0.3 is 0 Å². The summed E-state index contributed by atoms with van der Waals surface area (Å²) in [5.74, 6) is 1.03. The van der Waals surface area contributed by atoms with Crippen LogP contribution in [-0.2, 0) is 19.3 Å². The summed E-state index contributed by atoms with van der Waals surface area (Å²) in [7, 11) is 0. The van der Waals surface area contributed by atoms with Gasteiger partial charge in [0.2, 0.25) is 0 Å². The van der Waals surface area contributed by atoms with Gasteiger partial charge in [-0.05, 0) is 31.7 Å². The summed E-state index contributed by atoms with van der Waals surface area (Å²) in [6.07, 6.45) is 6.40. The molecule has 0 bridgehead atoms. The molecule has 23 heavy (non-hydrogen) atoms. The Bertz CT molecular complexity index is 787. The van der Waals surface area contributed by atoms with Gasteiger partial charge in [0.1, 0.15) is 11.5 Å². The number of rotatable bonds is 2. The van der Waals surface area contributed by atoms with Crippen molar-refractivity contribution in [3.63, 3.8) is 0 Å². The van der Waals surface area contributed by atoms with E-state index in [4.69, 9.17) is 4.42 Å². The fraction of sp³-hybridized carbons (Fsp3) is 0.471. The molecule has 2 aromatic rings. The minimum absolute atomic E-state index is 0.0211. The molecule has 1 amide bonds. The van der Waals surface area contributed by atoms with E-state index in [1.807, 2.05) is 6.20 Å². The molecule has 0 aliphatic heterocycles. The SMILES string of the molecule is Cc1oc2c(c1C(=O)N[C@@H]1CCc3cn[nH]c3C1)C(=O)CCC2. The van der Waals surface area contributed by atoms with E-state index in [1.54, 1.807) is 6.92 Å². The molecule has 0 fully saturated rings. The summed E-state index contributed by atoms with van der Waals surface area (Å²) in [5.41, 5.74) is 3.25. The molecule has 0 unspecified atom stereocenters. The van der Waals surface area contributed by atoms with Crippen molar-refractivity contribution < 1.29 is 14.0 Å². The molecule has 120 valence electrons. The standard InChI is InChI=1S/C17H19N3O3/c1-9-15(16-13(21)3-2-4-14(16)23-9)17(22)19-11-6-5-10-8-18-20-12(10)7-11/h8,11H,2-7H2,1H3,(H,18,20)(H,19,22)/t11-/m1/s1. The zero-order chi connectivity index (χ0) is 16.0. The molecular weight excluding hydrogens is 294 g/mol. The number of furan rings is 1. The number of nitrogens with one attached hydrogen (secondary N) is 2. The molecule has 2 N–H and O–H groups in total. The average molecular weight is 313 g/mol. The summed E-state index contributed by atoms with van der Waals surface area (Å²) in [6.45, 7) is 1.76. The number of amides is 1.